The summed E-state index contributed by atoms with van der Waals surface area (Å²) in [5.41, 5.74) is 10.8. The van der Waals surface area contributed by atoms with E-state index in [9.17, 15) is 42.9 Å². The predicted octanol–water partition coefficient (Wildman–Crippen LogP) is 11.0. The summed E-state index contributed by atoms with van der Waals surface area (Å²) in [6, 6.07) is 3.28. The van der Waals surface area contributed by atoms with E-state index in [2.05, 4.69) is 29.0 Å². The van der Waals surface area contributed by atoms with E-state index in [1.807, 2.05) is 96.9 Å². The summed E-state index contributed by atoms with van der Waals surface area (Å²) in [4.78, 5) is 111. The molecule has 3 rings (SSSR count). The minimum absolute atomic E-state index is 0. The lowest BCUT2D eigenvalue weighted by molar-refractivity contribution is -0.126. The number of ketones is 7. The minimum atomic E-state index is -3.74. The zero-order valence-electron chi connectivity index (χ0n) is 50.9. The summed E-state index contributed by atoms with van der Waals surface area (Å²) in [7, 11) is -3.74. The Morgan fingerprint density at radius 1 is 0.705 bits per heavy atom. The standard InChI is InChI=1S/C13H24N2O3.C9H11NO.C9H16O.C8H17NO.C8H14O2.C5H11NO.C3H9O3P.C3H8.2CH4/c1-11(2)12(16)3-4-13(17)14-5-6-15-7-9-18-10-8-15;1-7(2)9(11)8-4-3-5-10-6-8;1-7(2)9(10)8-5-3-4-6-8;1-5(2)7(9)8(10)6(3)4;1-6(2)8(10)5-4-7(3)9;1-4(2)5(7)3-6;1-3(2)7(4,5)6;1-3-2;;/h11H,3-10H2,1-2H3,(H,14,17);3-7H,1-2H3;7-8H,3-6H2,1-2H3;5-7H,9H2,1-4H3;6H,4-5H2,1-3H3;4H,3,6H2,1-2H3;3H,1-2H3,(H2,4,5,6);3H2,1-2H3;2*1H4/t;;;7-;;;;;;/m...1....../s1. The first-order chi connectivity index (χ1) is 35.1. The number of nitrogens with one attached hydrogen (secondary N) is 1. The van der Waals surface area contributed by atoms with Crippen molar-refractivity contribution in [1.29, 1.82) is 0 Å². The first-order valence-electron chi connectivity index (χ1n) is 27.7. The highest BCUT2D eigenvalue weighted by atomic mass is 31.2. The van der Waals surface area contributed by atoms with E-state index in [-0.39, 0.29) is 109 Å². The topological polar surface area (TPSA) is 284 Å². The Hall–Kier alpha value is -3.70. The van der Waals surface area contributed by atoms with E-state index < -0.39 is 13.3 Å². The number of Topliss-reactive ketones (excluding diaryl/α,β-unsaturated/α-hetero) is 7. The molecule has 0 radical (unpaired) electrons. The van der Waals surface area contributed by atoms with Gasteiger partial charge in [-0.3, -0.25) is 48.0 Å². The fraction of sp³-hybridized carbons (Fsp3) is 0.783. The maximum absolute atomic E-state index is 11.5. The first kappa shape index (κ1) is 88.1. The lowest BCUT2D eigenvalue weighted by Gasteiger charge is -2.26. The number of ether oxygens (including phenoxy) is 1. The Kier molecular flexibility index (Phi) is 59.5. The molecule has 2 aliphatic rings. The molecule has 1 atom stereocenters. The van der Waals surface area contributed by atoms with Crippen LogP contribution in [0.5, 0.6) is 0 Å². The van der Waals surface area contributed by atoms with Crippen molar-refractivity contribution >= 4 is 54.0 Å². The monoisotopic (exact) mass is 1130 g/mol. The lowest BCUT2D eigenvalue weighted by Crippen LogP contribution is -2.41. The van der Waals surface area contributed by atoms with Crippen LogP contribution in [0, 0.1) is 47.3 Å². The number of nitrogens with zero attached hydrogens (tertiary/aromatic N) is 2. The van der Waals surface area contributed by atoms with Gasteiger partial charge < -0.3 is 36.1 Å². The lowest BCUT2D eigenvalue weighted by atomic mass is 9.94. The summed E-state index contributed by atoms with van der Waals surface area (Å²) < 4.78 is 15.3. The largest absolute Gasteiger partial charge is 0.379 e. The van der Waals surface area contributed by atoms with E-state index in [4.69, 9.17) is 26.0 Å². The van der Waals surface area contributed by atoms with Gasteiger partial charge in [0, 0.05) is 111 Å². The molecular formula is C60H118N5O12P. The van der Waals surface area contributed by atoms with Crippen LogP contribution in [0.2, 0.25) is 0 Å². The van der Waals surface area contributed by atoms with Gasteiger partial charge in [0.2, 0.25) is 5.91 Å². The second-order valence-corrected chi connectivity index (χ2v) is 23.8. The highest BCUT2D eigenvalue weighted by molar-refractivity contribution is 7.52. The minimum Gasteiger partial charge on any atom is -0.379 e. The third kappa shape index (κ3) is 53.0. The zero-order valence-corrected chi connectivity index (χ0v) is 51.8. The van der Waals surface area contributed by atoms with Crippen LogP contribution in [-0.2, 0) is 42.9 Å². The van der Waals surface area contributed by atoms with Crippen LogP contribution in [0.15, 0.2) is 24.5 Å². The van der Waals surface area contributed by atoms with Gasteiger partial charge in [0.05, 0.1) is 31.5 Å². The van der Waals surface area contributed by atoms with Crippen molar-refractivity contribution < 1.29 is 57.4 Å². The van der Waals surface area contributed by atoms with Gasteiger partial charge in [-0.1, -0.05) is 159 Å². The molecule has 1 aliphatic carbocycles. The third-order valence-electron chi connectivity index (χ3n) is 11.4. The zero-order chi connectivity index (χ0) is 60.3. The number of nitrogens with two attached hydrogens (primary N) is 2. The smallest absolute Gasteiger partial charge is 0.328 e. The molecule has 0 aromatic carbocycles. The van der Waals surface area contributed by atoms with E-state index >= 15 is 0 Å². The fourth-order valence-electron chi connectivity index (χ4n) is 5.85. The van der Waals surface area contributed by atoms with Gasteiger partial charge in [-0.2, -0.15) is 0 Å². The molecule has 18 heteroatoms. The Morgan fingerprint density at radius 3 is 1.44 bits per heavy atom. The molecule has 1 saturated heterocycles. The summed E-state index contributed by atoms with van der Waals surface area (Å²) in [6.45, 7) is 40.4. The molecule has 1 aromatic heterocycles. The average molecular weight is 1130 g/mol. The molecule has 17 nitrogen and oxygen atoms in total. The van der Waals surface area contributed by atoms with Gasteiger partial charge >= 0.3 is 7.60 Å². The summed E-state index contributed by atoms with van der Waals surface area (Å²) in [5.74, 6) is 2.55. The van der Waals surface area contributed by atoms with Crippen molar-refractivity contribution in [3.8, 4) is 0 Å². The van der Waals surface area contributed by atoms with Crippen LogP contribution in [0.1, 0.15) is 215 Å². The highest BCUT2D eigenvalue weighted by Gasteiger charge is 2.24. The Bertz CT molecular complexity index is 1750. The van der Waals surface area contributed by atoms with Gasteiger partial charge in [0.1, 0.15) is 28.9 Å². The predicted molar refractivity (Wildman–Crippen MR) is 322 cm³/mol. The maximum Gasteiger partial charge on any atom is 0.328 e. The van der Waals surface area contributed by atoms with Crippen LogP contribution in [0.3, 0.4) is 0 Å². The van der Waals surface area contributed by atoms with Crippen LogP contribution >= 0.6 is 7.60 Å². The van der Waals surface area contributed by atoms with Gasteiger partial charge in [-0.05, 0) is 37.8 Å². The Labute approximate surface area is 475 Å². The highest BCUT2D eigenvalue weighted by Crippen LogP contribution is 2.40. The molecular weight excluding hydrogens is 1010 g/mol. The van der Waals surface area contributed by atoms with Crippen LogP contribution < -0.4 is 16.8 Å². The maximum atomic E-state index is 11.5. The molecule has 0 spiro atoms. The van der Waals surface area contributed by atoms with Crippen LogP contribution in [-0.4, -0.2) is 124 Å². The molecule has 0 bridgehead atoms. The average Bonchev–Trinajstić information content (AvgIpc) is 3.90. The Morgan fingerprint density at radius 2 is 1.14 bits per heavy atom. The van der Waals surface area contributed by atoms with Gasteiger partial charge in [0.25, 0.3) is 0 Å². The van der Waals surface area contributed by atoms with Crippen LogP contribution in [0.25, 0.3) is 0 Å². The van der Waals surface area contributed by atoms with Crippen molar-refractivity contribution in [2.45, 2.75) is 216 Å². The number of rotatable bonds is 21. The number of pyridine rings is 1. The van der Waals surface area contributed by atoms with Crippen molar-refractivity contribution in [2.75, 3.05) is 45.9 Å². The molecule has 1 aromatic rings. The molecule has 460 valence electrons. The number of morpholine rings is 1. The Balaban J connectivity index is -0.000000152. The molecule has 2 heterocycles. The van der Waals surface area contributed by atoms with Crippen LogP contribution in [0.4, 0.5) is 0 Å². The fourth-order valence-corrected chi connectivity index (χ4v) is 5.85. The number of amides is 1. The van der Waals surface area contributed by atoms with E-state index in [0.29, 0.717) is 49.5 Å². The molecule has 1 saturated carbocycles. The number of carbonyl (C=O) groups excluding carboxylic acids is 8. The van der Waals surface area contributed by atoms with E-state index in [0.717, 1.165) is 45.7 Å². The van der Waals surface area contributed by atoms with Crippen molar-refractivity contribution in [3.05, 3.63) is 30.1 Å². The van der Waals surface area contributed by atoms with Gasteiger partial charge in [-0.15, -0.1) is 0 Å². The molecule has 1 amide bonds. The summed E-state index contributed by atoms with van der Waals surface area (Å²) >= 11 is 0. The normalized spacial score (nSPS) is 13.3. The van der Waals surface area contributed by atoms with Crippen molar-refractivity contribution in [1.82, 2.24) is 15.2 Å². The second kappa shape index (κ2) is 52.7. The van der Waals surface area contributed by atoms with E-state index in [1.54, 1.807) is 24.5 Å². The number of hydrogen-bond donors (Lipinski definition) is 5. The van der Waals surface area contributed by atoms with Crippen molar-refractivity contribution in [3.63, 3.8) is 0 Å². The summed E-state index contributed by atoms with van der Waals surface area (Å²) in [5, 5.41) is 2.85. The van der Waals surface area contributed by atoms with Gasteiger partial charge in [0.15, 0.2) is 11.6 Å². The molecule has 78 heavy (non-hydrogen) atoms. The molecule has 7 N–H and O–H groups in total. The quantitative estimate of drug-likeness (QED) is 0.0565. The molecule has 2 fully saturated rings. The molecule has 0 unspecified atom stereocenters. The molecule has 1 aliphatic heterocycles. The summed E-state index contributed by atoms with van der Waals surface area (Å²) in [6.07, 6.45) is 10.8. The SMILES string of the molecule is C.C.CC(=O)CCC(=O)C(C)C.CC(C)C(=O)C1CCCC1.CC(C)C(=O)CCC(=O)NCCN1CCOCC1.CC(C)C(=O)CN.CC(C)C(=O)[C@H](N)C(C)C.CC(C)C(=O)c1cccnc1.CC(C)P(=O)(O)O.CCC. The number of aromatic nitrogens is 1. The number of hydrogen-bond acceptors (Lipinski definition) is 14. The van der Waals surface area contributed by atoms with Gasteiger partial charge in [-0.25, -0.2) is 0 Å². The second-order valence-electron chi connectivity index (χ2n) is 21.6. The third-order valence-corrected chi connectivity index (χ3v) is 12.7. The number of carbonyl (C=O) groups is 8. The first-order valence-corrected chi connectivity index (χ1v) is 29.4. The van der Waals surface area contributed by atoms with E-state index in [1.165, 1.54) is 40.0 Å². The van der Waals surface area contributed by atoms with Crippen molar-refractivity contribution in [2.24, 2.45) is 58.8 Å².